The summed E-state index contributed by atoms with van der Waals surface area (Å²) in [6, 6.07) is 4.29. The topological polar surface area (TPSA) is 84.3 Å². The van der Waals surface area contributed by atoms with Crippen LogP contribution in [0.3, 0.4) is 0 Å². The van der Waals surface area contributed by atoms with Gasteiger partial charge in [-0.3, -0.25) is 14.9 Å². The molecule has 1 atom stereocenters. The third-order valence-corrected chi connectivity index (χ3v) is 2.71. The number of amides is 1. The smallest absolute Gasteiger partial charge is 0.292 e. The molecule has 1 amide bonds. The normalized spacial score (nSPS) is 11.5. The monoisotopic (exact) mass is 277 g/mol. The molecule has 0 saturated carbocycles. The molecule has 0 aliphatic heterocycles. The first-order valence-corrected chi connectivity index (χ1v) is 6.43. The molecule has 2 N–H and O–H groups in total. The summed E-state index contributed by atoms with van der Waals surface area (Å²) in [5.74, 6) is -0.248. The van der Waals surface area contributed by atoms with E-state index in [2.05, 4.69) is 17.2 Å². The van der Waals surface area contributed by atoms with Gasteiger partial charge in [-0.15, -0.1) is 6.58 Å². The highest BCUT2D eigenvalue weighted by Gasteiger charge is 2.17. The van der Waals surface area contributed by atoms with Crippen LogP contribution in [-0.2, 0) is 0 Å². The Morgan fingerprint density at radius 2 is 2.25 bits per heavy atom. The van der Waals surface area contributed by atoms with E-state index in [0.717, 1.165) is 0 Å². The SMILES string of the molecule is C=CCC(C)Nc1cc(C(=O)NCC)ccc1[N+](=O)[O-]. The minimum atomic E-state index is -0.468. The van der Waals surface area contributed by atoms with Crippen molar-refractivity contribution in [2.45, 2.75) is 26.3 Å². The number of hydrogen-bond donors (Lipinski definition) is 2. The fraction of sp³-hybridized carbons (Fsp3) is 0.357. The Kier molecular flexibility index (Phi) is 5.71. The van der Waals surface area contributed by atoms with E-state index in [-0.39, 0.29) is 17.6 Å². The van der Waals surface area contributed by atoms with Crippen LogP contribution in [0.25, 0.3) is 0 Å². The summed E-state index contributed by atoms with van der Waals surface area (Å²) in [6.07, 6.45) is 2.40. The summed E-state index contributed by atoms with van der Waals surface area (Å²) in [5, 5.41) is 16.7. The fourth-order valence-corrected chi connectivity index (χ4v) is 1.79. The lowest BCUT2D eigenvalue weighted by Gasteiger charge is -2.14. The average Bonchev–Trinajstić information content (AvgIpc) is 2.38. The van der Waals surface area contributed by atoms with Gasteiger partial charge < -0.3 is 10.6 Å². The average molecular weight is 277 g/mol. The van der Waals surface area contributed by atoms with Crippen LogP contribution in [0.5, 0.6) is 0 Å². The Hall–Kier alpha value is -2.37. The molecule has 0 aromatic heterocycles. The molecule has 1 aromatic carbocycles. The van der Waals surface area contributed by atoms with Gasteiger partial charge in [-0.05, 0) is 32.4 Å². The van der Waals surface area contributed by atoms with Crippen molar-refractivity contribution >= 4 is 17.3 Å². The molecule has 0 aliphatic rings. The first-order chi connectivity index (χ1) is 9.49. The first kappa shape index (κ1) is 15.7. The van der Waals surface area contributed by atoms with Crippen molar-refractivity contribution in [2.75, 3.05) is 11.9 Å². The Morgan fingerprint density at radius 3 is 2.80 bits per heavy atom. The van der Waals surface area contributed by atoms with E-state index in [1.54, 1.807) is 6.08 Å². The number of nitro benzene ring substituents is 1. The molecule has 0 fully saturated rings. The summed E-state index contributed by atoms with van der Waals surface area (Å²) in [6.45, 7) is 7.84. The van der Waals surface area contributed by atoms with Crippen LogP contribution in [0.15, 0.2) is 30.9 Å². The maximum absolute atomic E-state index is 11.8. The zero-order valence-electron chi connectivity index (χ0n) is 11.7. The first-order valence-electron chi connectivity index (χ1n) is 6.43. The number of hydrogen-bond acceptors (Lipinski definition) is 4. The molecule has 1 rings (SSSR count). The minimum absolute atomic E-state index is 0.00399. The lowest BCUT2D eigenvalue weighted by Crippen LogP contribution is -2.23. The Bertz CT molecular complexity index is 514. The van der Waals surface area contributed by atoms with Crippen LogP contribution in [0.2, 0.25) is 0 Å². The van der Waals surface area contributed by atoms with Crippen molar-refractivity contribution in [3.8, 4) is 0 Å². The molecule has 0 aliphatic carbocycles. The quantitative estimate of drug-likeness (QED) is 0.456. The molecule has 6 nitrogen and oxygen atoms in total. The standard InChI is InChI=1S/C14H19N3O3/c1-4-6-10(3)16-12-9-11(14(18)15-5-2)7-8-13(12)17(19)20/h4,7-10,16H,1,5-6H2,2-3H3,(H,15,18). The summed E-state index contributed by atoms with van der Waals surface area (Å²) >= 11 is 0. The van der Waals surface area contributed by atoms with Crippen LogP contribution in [-0.4, -0.2) is 23.4 Å². The highest BCUT2D eigenvalue weighted by molar-refractivity contribution is 5.95. The van der Waals surface area contributed by atoms with Gasteiger partial charge in [-0.2, -0.15) is 0 Å². The lowest BCUT2D eigenvalue weighted by molar-refractivity contribution is -0.384. The van der Waals surface area contributed by atoms with Crippen LogP contribution >= 0.6 is 0 Å². The van der Waals surface area contributed by atoms with Gasteiger partial charge >= 0.3 is 0 Å². The number of nitrogens with one attached hydrogen (secondary N) is 2. The molecule has 20 heavy (non-hydrogen) atoms. The predicted octanol–water partition coefficient (Wildman–Crippen LogP) is 2.72. The second-order valence-corrected chi connectivity index (χ2v) is 4.42. The van der Waals surface area contributed by atoms with Crippen LogP contribution in [0.1, 0.15) is 30.6 Å². The number of benzene rings is 1. The van der Waals surface area contributed by atoms with Crippen LogP contribution in [0.4, 0.5) is 11.4 Å². The molecule has 1 aromatic rings. The van der Waals surface area contributed by atoms with Gasteiger partial charge in [0, 0.05) is 24.2 Å². The molecule has 1 unspecified atom stereocenters. The molecular weight excluding hydrogens is 258 g/mol. The van der Waals surface area contributed by atoms with Crippen molar-refractivity contribution in [1.82, 2.24) is 5.32 Å². The zero-order valence-corrected chi connectivity index (χ0v) is 11.7. The third kappa shape index (κ3) is 4.08. The largest absolute Gasteiger partial charge is 0.377 e. The number of carbonyl (C=O) groups is 1. The zero-order chi connectivity index (χ0) is 15.1. The summed E-state index contributed by atoms with van der Waals surface area (Å²) in [4.78, 5) is 22.3. The van der Waals surface area contributed by atoms with Gasteiger partial charge in [-0.25, -0.2) is 0 Å². The van der Waals surface area contributed by atoms with E-state index in [9.17, 15) is 14.9 Å². The van der Waals surface area contributed by atoms with E-state index < -0.39 is 4.92 Å². The van der Waals surface area contributed by atoms with Gasteiger partial charge in [-0.1, -0.05) is 6.08 Å². The number of anilines is 1. The van der Waals surface area contributed by atoms with Gasteiger partial charge in [0.15, 0.2) is 0 Å². The molecule has 108 valence electrons. The van der Waals surface area contributed by atoms with Crippen LogP contribution in [0, 0.1) is 10.1 Å². The van der Waals surface area contributed by atoms with E-state index >= 15 is 0 Å². The predicted molar refractivity (Wildman–Crippen MR) is 79.0 cm³/mol. The second kappa shape index (κ2) is 7.28. The maximum Gasteiger partial charge on any atom is 0.292 e. The number of carbonyl (C=O) groups excluding carboxylic acids is 1. The lowest BCUT2D eigenvalue weighted by atomic mass is 10.1. The summed E-state index contributed by atoms with van der Waals surface area (Å²) in [5.41, 5.74) is 0.688. The Labute approximate surface area is 118 Å². The molecule has 0 heterocycles. The Balaban J connectivity index is 3.08. The molecule has 0 bridgehead atoms. The van der Waals surface area contributed by atoms with E-state index in [1.807, 2.05) is 13.8 Å². The maximum atomic E-state index is 11.8. The number of rotatable bonds is 7. The van der Waals surface area contributed by atoms with E-state index in [1.165, 1.54) is 18.2 Å². The molecule has 0 saturated heterocycles. The van der Waals surface area contributed by atoms with E-state index in [4.69, 9.17) is 0 Å². The van der Waals surface area contributed by atoms with Crippen molar-refractivity contribution in [1.29, 1.82) is 0 Å². The van der Waals surface area contributed by atoms with E-state index in [0.29, 0.717) is 24.2 Å². The number of nitro groups is 1. The highest BCUT2D eigenvalue weighted by atomic mass is 16.6. The molecular formula is C14H19N3O3. The van der Waals surface area contributed by atoms with Crippen molar-refractivity contribution < 1.29 is 9.72 Å². The van der Waals surface area contributed by atoms with Crippen molar-refractivity contribution in [2.24, 2.45) is 0 Å². The van der Waals surface area contributed by atoms with Gasteiger partial charge in [0.1, 0.15) is 5.69 Å². The summed E-state index contributed by atoms with van der Waals surface area (Å²) in [7, 11) is 0. The minimum Gasteiger partial charge on any atom is -0.377 e. The molecule has 6 heteroatoms. The van der Waals surface area contributed by atoms with Gasteiger partial charge in [0.2, 0.25) is 0 Å². The van der Waals surface area contributed by atoms with Gasteiger partial charge in [0.25, 0.3) is 11.6 Å². The van der Waals surface area contributed by atoms with Gasteiger partial charge in [0.05, 0.1) is 4.92 Å². The van der Waals surface area contributed by atoms with Crippen LogP contribution < -0.4 is 10.6 Å². The molecule has 0 spiro atoms. The Morgan fingerprint density at radius 1 is 1.55 bits per heavy atom. The second-order valence-electron chi connectivity index (χ2n) is 4.42. The fourth-order valence-electron chi connectivity index (χ4n) is 1.79. The number of nitrogens with zero attached hydrogens (tertiary/aromatic N) is 1. The molecule has 0 radical (unpaired) electrons. The third-order valence-electron chi connectivity index (χ3n) is 2.71. The summed E-state index contributed by atoms with van der Waals surface area (Å²) < 4.78 is 0. The highest BCUT2D eigenvalue weighted by Crippen LogP contribution is 2.26. The van der Waals surface area contributed by atoms with Crippen molar-refractivity contribution in [3.05, 3.63) is 46.5 Å². The van der Waals surface area contributed by atoms with Crippen molar-refractivity contribution in [3.63, 3.8) is 0 Å².